The molecule has 0 aliphatic carbocycles. The van der Waals surface area contributed by atoms with Crippen molar-refractivity contribution in [3.63, 3.8) is 0 Å². The van der Waals surface area contributed by atoms with Crippen LogP contribution in [0, 0.1) is 11.6 Å². The number of hydrogen-bond donors (Lipinski definition) is 1. The Morgan fingerprint density at radius 1 is 1.15 bits per heavy atom. The molecule has 26 heavy (non-hydrogen) atoms. The molecule has 2 rings (SSSR count). The third kappa shape index (κ3) is 5.18. The minimum atomic E-state index is -3.88. The number of nitrogens with one attached hydrogen (secondary N) is 1. The van der Waals surface area contributed by atoms with Gasteiger partial charge in [0.15, 0.2) is 11.6 Å². The van der Waals surface area contributed by atoms with Gasteiger partial charge < -0.3 is 5.32 Å². The van der Waals surface area contributed by atoms with Crippen LogP contribution in [0.25, 0.3) is 0 Å². The highest BCUT2D eigenvalue weighted by molar-refractivity contribution is 7.99. The molecule has 0 atom stereocenters. The van der Waals surface area contributed by atoms with Gasteiger partial charge in [-0.3, -0.25) is 9.10 Å². The van der Waals surface area contributed by atoms with Crippen LogP contribution >= 0.6 is 11.8 Å². The molecule has 5 nitrogen and oxygen atoms in total. The van der Waals surface area contributed by atoms with Crippen molar-refractivity contribution in [2.45, 2.75) is 11.8 Å². The average Bonchev–Trinajstić information content (AvgIpc) is 2.56. The zero-order chi connectivity index (χ0) is 19.3. The van der Waals surface area contributed by atoms with Gasteiger partial charge in [0.05, 0.1) is 17.6 Å². The lowest BCUT2D eigenvalue weighted by Crippen LogP contribution is -2.37. The van der Waals surface area contributed by atoms with E-state index in [0.717, 1.165) is 39.4 Å². The van der Waals surface area contributed by atoms with Crippen molar-refractivity contribution in [1.82, 2.24) is 0 Å². The smallest absolute Gasteiger partial charge is 0.245 e. The second-order valence-corrected chi connectivity index (χ2v) is 8.56. The van der Waals surface area contributed by atoms with Crippen LogP contribution in [0.3, 0.4) is 0 Å². The van der Waals surface area contributed by atoms with Crippen LogP contribution in [0.1, 0.15) is 6.92 Å². The van der Waals surface area contributed by atoms with Gasteiger partial charge in [0.25, 0.3) is 0 Å². The van der Waals surface area contributed by atoms with E-state index >= 15 is 0 Å². The van der Waals surface area contributed by atoms with Crippen LogP contribution in [-0.2, 0) is 14.8 Å². The summed E-state index contributed by atoms with van der Waals surface area (Å²) < 4.78 is 51.3. The van der Waals surface area contributed by atoms with E-state index in [1.165, 1.54) is 11.8 Å². The molecule has 0 fully saturated rings. The van der Waals surface area contributed by atoms with Crippen LogP contribution in [0.15, 0.2) is 47.4 Å². The SMILES string of the molecule is CCSc1ccccc1NC(=O)CN(c1ccc(F)c(F)c1)S(C)(=O)=O. The third-order valence-electron chi connectivity index (χ3n) is 3.34. The van der Waals surface area contributed by atoms with E-state index in [1.54, 1.807) is 12.1 Å². The van der Waals surface area contributed by atoms with Crippen molar-refractivity contribution >= 4 is 39.1 Å². The number of halogens is 2. The molecule has 9 heteroatoms. The topological polar surface area (TPSA) is 66.5 Å². The molecule has 0 aliphatic heterocycles. The maximum Gasteiger partial charge on any atom is 0.245 e. The largest absolute Gasteiger partial charge is 0.323 e. The highest BCUT2D eigenvalue weighted by Crippen LogP contribution is 2.27. The van der Waals surface area contributed by atoms with Gasteiger partial charge in [-0.05, 0) is 30.0 Å². The molecule has 0 unspecified atom stereocenters. The molecule has 0 spiro atoms. The summed E-state index contributed by atoms with van der Waals surface area (Å²) in [5.41, 5.74) is 0.431. The summed E-state index contributed by atoms with van der Waals surface area (Å²) in [4.78, 5) is 13.2. The number of rotatable bonds is 7. The van der Waals surface area contributed by atoms with Crippen LogP contribution in [0.4, 0.5) is 20.2 Å². The first kappa shape index (κ1) is 20.2. The Morgan fingerprint density at radius 3 is 2.46 bits per heavy atom. The average molecular weight is 400 g/mol. The summed E-state index contributed by atoms with van der Waals surface area (Å²) in [6.07, 6.45) is 0.891. The summed E-state index contributed by atoms with van der Waals surface area (Å²) in [5, 5.41) is 2.66. The molecule has 2 aromatic rings. The number of nitrogens with zero attached hydrogens (tertiary/aromatic N) is 1. The number of carbonyl (C=O) groups is 1. The molecule has 0 saturated carbocycles. The molecular weight excluding hydrogens is 382 g/mol. The zero-order valence-electron chi connectivity index (χ0n) is 14.2. The van der Waals surface area contributed by atoms with Gasteiger partial charge in [-0.2, -0.15) is 0 Å². The minimum absolute atomic E-state index is 0.127. The summed E-state index contributed by atoms with van der Waals surface area (Å²) >= 11 is 1.53. The van der Waals surface area contributed by atoms with Crippen molar-refractivity contribution in [3.05, 3.63) is 54.1 Å². The maximum absolute atomic E-state index is 13.4. The van der Waals surface area contributed by atoms with Gasteiger partial charge in [-0.25, -0.2) is 17.2 Å². The summed E-state index contributed by atoms with van der Waals surface area (Å²) in [6, 6.07) is 9.79. The fraction of sp³-hybridized carbons (Fsp3) is 0.235. The first-order valence-electron chi connectivity index (χ1n) is 7.66. The molecule has 0 heterocycles. The lowest BCUT2D eigenvalue weighted by atomic mass is 10.3. The molecular formula is C17H18F2N2O3S2. The maximum atomic E-state index is 13.4. The van der Waals surface area contributed by atoms with Crippen molar-refractivity contribution in [2.75, 3.05) is 28.2 Å². The number of para-hydroxylation sites is 1. The molecule has 140 valence electrons. The number of anilines is 2. The van der Waals surface area contributed by atoms with E-state index in [-0.39, 0.29) is 5.69 Å². The molecule has 2 aromatic carbocycles. The summed E-state index contributed by atoms with van der Waals surface area (Å²) in [6.45, 7) is 1.41. The first-order valence-corrected chi connectivity index (χ1v) is 10.5. The number of benzene rings is 2. The summed E-state index contributed by atoms with van der Waals surface area (Å²) in [5.74, 6) is -2.08. The van der Waals surface area contributed by atoms with E-state index in [4.69, 9.17) is 0 Å². The van der Waals surface area contributed by atoms with Gasteiger partial charge in [-0.1, -0.05) is 19.1 Å². The predicted molar refractivity (Wildman–Crippen MR) is 100 cm³/mol. The van der Waals surface area contributed by atoms with Gasteiger partial charge in [-0.15, -0.1) is 11.8 Å². The number of hydrogen-bond acceptors (Lipinski definition) is 4. The third-order valence-corrected chi connectivity index (χ3v) is 5.44. The normalized spacial score (nSPS) is 11.2. The Morgan fingerprint density at radius 2 is 1.85 bits per heavy atom. The Bertz CT molecular complexity index is 905. The van der Waals surface area contributed by atoms with E-state index in [1.807, 2.05) is 19.1 Å². The molecule has 0 radical (unpaired) electrons. The fourth-order valence-corrected chi connectivity index (χ4v) is 3.82. The van der Waals surface area contributed by atoms with Crippen LogP contribution in [0.5, 0.6) is 0 Å². The molecule has 0 bridgehead atoms. The Balaban J connectivity index is 2.24. The Kier molecular flexibility index (Phi) is 6.60. The predicted octanol–water partition coefficient (Wildman–Crippen LogP) is 3.48. The number of thioether (sulfide) groups is 1. The molecule has 0 aromatic heterocycles. The lowest BCUT2D eigenvalue weighted by Gasteiger charge is -2.22. The lowest BCUT2D eigenvalue weighted by molar-refractivity contribution is -0.114. The molecule has 1 amide bonds. The van der Waals surface area contributed by atoms with Crippen LogP contribution in [0.2, 0.25) is 0 Å². The van der Waals surface area contributed by atoms with E-state index < -0.39 is 34.1 Å². The fourth-order valence-electron chi connectivity index (χ4n) is 2.21. The van der Waals surface area contributed by atoms with Gasteiger partial charge in [0, 0.05) is 11.0 Å². The molecule has 0 saturated heterocycles. The van der Waals surface area contributed by atoms with Crippen molar-refractivity contribution in [1.29, 1.82) is 0 Å². The first-order chi connectivity index (χ1) is 12.2. The molecule has 0 aliphatic rings. The monoisotopic (exact) mass is 400 g/mol. The highest BCUT2D eigenvalue weighted by Gasteiger charge is 2.22. The Labute approximate surface area is 155 Å². The highest BCUT2D eigenvalue weighted by atomic mass is 32.2. The number of amides is 1. The van der Waals surface area contributed by atoms with E-state index in [2.05, 4.69) is 5.32 Å². The van der Waals surface area contributed by atoms with E-state index in [9.17, 15) is 22.0 Å². The van der Waals surface area contributed by atoms with Crippen molar-refractivity contribution in [2.24, 2.45) is 0 Å². The zero-order valence-corrected chi connectivity index (χ0v) is 15.8. The van der Waals surface area contributed by atoms with Gasteiger partial charge in [0.1, 0.15) is 6.54 Å². The number of carbonyl (C=O) groups excluding carboxylic acids is 1. The van der Waals surface area contributed by atoms with Gasteiger partial charge >= 0.3 is 0 Å². The summed E-state index contributed by atoms with van der Waals surface area (Å²) in [7, 11) is -3.88. The van der Waals surface area contributed by atoms with Crippen molar-refractivity contribution in [3.8, 4) is 0 Å². The van der Waals surface area contributed by atoms with Crippen LogP contribution in [-0.4, -0.2) is 32.9 Å². The second-order valence-electron chi connectivity index (χ2n) is 5.35. The standard InChI is InChI=1S/C17H18F2N2O3S2/c1-3-25-16-7-5-4-6-15(16)20-17(22)11-21(26(2,23)24)12-8-9-13(18)14(19)10-12/h4-10H,3,11H2,1-2H3,(H,20,22). The second kappa shape index (κ2) is 8.50. The Hall–Kier alpha value is -2.13. The quantitative estimate of drug-likeness (QED) is 0.723. The van der Waals surface area contributed by atoms with E-state index in [0.29, 0.717) is 5.69 Å². The molecule has 1 N–H and O–H groups in total. The van der Waals surface area contributed by atoms with Gasteiger partial charge in [0.2, 0.25) is 15.9 Å². The van der Waals surface area contributed by atoms with Crippen LogP contribution < -0.4 is 9.62 Å². The van der Waals surface area contributed by atoms with Crippen molar-refractivity contribution < 1.29 is 22.0 Å². The number of sulfonamides is 1. The minimum Gasteiger partial charge on any atom is -0.323 e.